The summed E-state index contributed by atoms with van der Waals surface area (Å²) < 4.78 is 0. The molecule has 2 radical (unpaired) electrons. The first-order chi connectivity index (χ1) is 4.13. The summed E-state index contributed by atoms with van der Waals surface area (Å²) in [6, 6.07) is 0. The molecule has 0 bridgehead atoms. The molecule has 1 aliphatic rings. The van der Waals surface area contributed by atoms with Crippen LogP contribution in [0.5, 0.6) is 0 Å². The van der Waals surface area contributed by atoms with Crippen molar-refractivity contribution in [3.05, 3.63) is 0 Å². The molecular formula is C6H12BNO. The molecule has 1 rings (SSSR count). The minimum Gasteiger partial charge on any atom is -0.391 e. The molecule has 9 heavy (non-hydrogen) atoms. The maximum absolute atomic E-state index is 9.48. The fourth-order valence-corrected chi connectivity index (χ4v) is 1.00. The molecule has 0 aromatic carbocycles. The third kappa shape index (κ3) is 1.46. The molecule has 3 heteroatoms. The van der Waals surface area contributed by atoms with Crippen molar-refractivity contribution < 1.29 is 5.11 Å². The summed E-state index contributed by atoms with van der Waals surface area (Å²) in [5, 5.41) is 12.6. The highest BCUT2D eigenvalue weighted by Gasteiger charge is 2.29. The Morgan fingerprint density at radius 1 is 1.78 bits per heavy atom. The summed E-state index contributed by atoms with van der Waals surface area (Å²) >= 11 is 0. The molecule has 2 N–H and O–H groups in total. The highest BCUT2D eigenvalue weighted by Crippen LogP contribution is 2.25. The lowest BCUT2D eigenvalue weighted by atomic mass is 9.71. The molecule has 0 aromatic heterocycles. The van der Waals surface area contributed by atoms with Gasteiger partial charge in [0, 0.05) is 0 Å². The average Bonchev–Trinajstić information content (AvgIpc) is 1.77. The Kier molecular flexibility index (Phi) is 1.82. The second-order valence-electron chi connectivity index (χ2n) is 2.92. The zero-order valence-electron chi connectivity index (χ0n) is 5.72. The minimum absolute atomic E-state index is 0.105. The predicted molar refractivity (Wildman–Crippen MR) is 37.6 cm³/mol. The van der Waals surface area contributed by atoms with Gasteiger partial charge in [0.2, 0.25) is 0 Å². The van der Waals surface area contributed by atoms with Crippen LogP contribution < -0.4 is 5.32 Å². The number of nitrogens with one attached hydrogen (secondary N) is 1. The van der Waals surface area contributed by atoms with Crippen molar-refractivity contribution in [3.63, 3.8) is 0 Å². The van der Waals surface area contributed by atoms with E-state index >= 15 is 0 Å². The van der Waals surface area contributed by atoms with Gasteiger partial charge >= 0.3 is 0 Å². The van der Waals surface area contributed by atoms with Crippen molar-refractivity contribution in [2.75, 3.05) is 13.1 Å². The molecule has 0 amide bonds. The van der Waals surface area contributed by atoms with Crippen LogP contribution in [0.15, 0.2) is 0 Å². The first kappa shape index (κ1) is 7.10. The van der Waals surface area contributed by atoms with E-state index in [0.29, 0.717) is 0 Å². The van der Waals surface area contributed by atoms with Crippen LogP contribution in [0.25, 0.3) is 0 Å². The summed E-state index contributed by atoms with van der Waals surface area (Å²) in [7, 11) is 5.60. The lowest BCUT2D eigenvalue weighted by molar-refractivity contribution is 0.0302. The SMILES string of the molecule is [B]C1CNCCC1(C)O. The Balaban J connectivity index is 2.49. The standard InChI is InChI=1S/C6H12BNO/c1-6(9)2-3-8-4-5(6)7/h5,8-9H,2-4H2,1H3. The normalized spacial score (nSPS) is 44.9. The van der Waals surface area contributed by atoms with E-state index in [1.165, 1.54) is 0 Å². The van der Waals surface area contributed by atoms with Crippen LogP contribution in [0.1, 0.15) is 13.3 Å². The van der Waals surface area contributed by atoms with Gasteiger partial charge in [0.25, 0.3) is 0 Å². The molecular weight excluding hydrogens is 113 g/mol. The Morgan fingerprint density at radius 3 is 2.78 bits per heavy atom. The molecule has 1 saturated heterocycles. The maximum atomic E-state index is 9.48. The Bertz CT molecular complexity index is 105. The highest BCUT2D eigenvalue weighted by molar-refractivity contribution is 6.12. The average molecular weight is 125 g/mol. The molecule has 0 saturated carbocycles. The van der Waals surface area contributed by atoms with Crippen molar-refractivity contribution in [1.82, 2.24) is 5.32 Å². The predicted octanol–water partition coefficient (Wildman–Crippen LogP) is -0.312. The lowest BCUT2D eigenvalue weighted by Gasteiger charge is -2.35. The van der Waals surface area contributed by atoms with E-state index in [0.717, 1.165) is 19.5 Å². The monoisotopic (exact) mass is 125 g/mol. The second kappa shape index (κ2) is 2.31. The van der Waals surface area contributed by atoms with Gasteiger partial charge in [-0.3, -0.25) is 0 Å². The third-order valence-electron chi connectivity index (χ3n) is 1.97. The summed E-state index contributed by atoms with van der Waals surface area (Å²) in [5.74, 6) is -0.105. The van der Waals surface area contributed by atoms with Crippen LogP contribution in [0.2, 0.25) is 5.82 Å². The largest absolute Gasteiger partial charge is 0.391 e. The molecule has 0 aliphatic carbocycles. The van der Waals surface area contributed by atoms with E-state index in [-0.39, 0.29) is 5.82 Å². The fraction of sp³-hybridized carbons (Fsp3) is 1.00. The molecule has 0 spiro atoms. The van der Waals surface area contributed by atoms with Crippen LogP contribution in [0, 0.1) is 0 Å². The van der Waals surface area contributed by atoms with E-state index in [2.05, 4.69) is 5.32 Å². The van der Waals surface area contributed by atoms with Crippen LogP contribution >= 0.6 is 0 Å². The van der Waals surface area contributed by atoms with Crippen molar-refractivity contribution in [3.8, 4) is 0 Å². The van der Waals surface area contributed by atoms with E-state index in [1.807, 2.05) is 0 Å². The van der Waals surface area contributed by atoms with Gasteiger partial charge in [-0.2, -0.15) is 0 Å². The van der Waals surface area contributed by atoms with Gasteiger partial charge in [0.1, 0.15) is 0 Å². The molecule has 2 atom stereocenters. The van der Waals surface area contributed by atoms with Crippen molar-refractivity contribution in [1.29, 1.82) is 0 Å². The van der Waals surface area contributed by atoms with Crippen molar-refractivity contribution in [2.24, 2.45) is 0 Å². The Morgan fingerprint density at radius 2 is 2.44 bits per heavy atom. The molecule has 0 aromatic rings. The smallest absolute Gasteiger partial charge is 0.0755 e. The summed E-state index contributed by atoms with van der Waals surface area (Å²) in [6.45, 7) is 3.40. The highest BCUT2D eigenvalue weighted by atomic mass is 16.3. The van der Waals surface area contributed by atoms with Gasteiger partial charge in [-0.1, -0.05) is 0 Å². The Labute approximate surface area is 57.1 Å². The zero-order chi connectivity index (χ0) is 6.91. The molecule has 2 unspecified atom stereocenters. The van der Waals surface area contributed by atoms with Gasteiger partial charge in [0.15, 0.2) is 0 Å². The maximum Gasteiger partial charge on any atom is 0.0755 e. The van der Waals surface area contributed by atoms with E-state index in [4.69, 9.17) is 7.85 Å². The number of hydrogen-bond acceptors (Lipinski definition) is 2. The number of rotatable bonds is 0. The molecule has 1 fully saturated rings. The quantitative estimate of drug-likeness (QED) is 0.435. The van der Waals surface area contributed by atoms with E-state index in [9.17, 15) is 5.11 Å². The van der Waals surface area contributed by atoms with Crippen molar-refractivity contribution >= 4 is 7.85 Å². The molecule has 2 nitrogen and oxygen atoms in total. The first-order valence-electron chi connectivity index (χ1n) is 3.31. The molecule has 1 heterocycles. The molecule has 50 valence electrons. The minimum atomic E-state index is -0.648. The second-order valence-corrected chi connectivity index (χ2v) is 2.92. The lowest BCUT2D eigenvalue weighted by Crippen LogP contribution is -2.44. The number of aliphatic hydroxyl groups is 1. The topological polar surface area (TPSA) is 32.3 Å². The summed E-state index contributed by atoms with van der Waals surface area (Å²) in [4.78, 5) is 0. The van der Waals surface area contributed by atoms with E-state index < -0.39 is 5.60 Å². The van der Waals surface area contributed by atoms with Crippen LogP contribution in [-0.2, 0) is 0 Å². The summed E-state index contributed by atoms with van der Waals surface area (Å²) in [5.41, 5.74) is -0.648. The number of hydrogen-bond donors (Lipinski definition) is 2. The molecule has 1 aliphatic heterocycles. The van der Waals surface area contributed by atoms with Gasteiger partial charge in [0.05, 0.1) is 13.4 Å². The third-order valence-corrected chi connectivity index (χ3v) is 1.97. The fourth-order valence-electron chi connectivity index (χ4n) is 1.00. The zero-order valence-corrected chi connectivity index (χ0v) is 5.72. The first-order valence-corrected chi connectivity index (χ1v) is 3.31. The van der Waals surface area contributed by atoms with Gasteiger partial charge in [-0.05, 0) is 32.3 Å². The summed E-state index contributed by atoms with van der Waals surface area (Å²) in [6.07, 6.45) is 0.758. The number of piperidine rings is 1. The Hall–Kier alpha value is -0.0151. The van der Waals surface area contributed by atoms with Crippen LogP contribution in [0.4, 0.5) is 0 Å². The van der Waals surface area contributed by atoms with E-state index in [1.54, 1.807) is 6.92 Å². The van der Waals surface area contributed by atoms with Gasteiger partial charge < -0.3 is 10.4 Å². The van der Waals surface area contributed by atoms with Gasteiger partial charge in [-0.25, -0.2) is 0 Å². The van der Waals surface area contributed by atoms with Gasteiger partial charge in [-0.15, -0.1) is 0 Å². The van der Waals surface area contributed by atoms with Crippen molar-refractivity contribution in [2.45, 2.75) is 24.8 Å². The van der Waals surface area contributed by atoms with Crippen LogP contribution in [-0.4, -0.2) is 31.6 Å². The van der Waals surface area contributed by atoms with Crippen LogP contribution in [0.3, 0.4) is 0 Å².